The van der Waals surface area contributed by atoms with Crippen LogP contribution < -0.4 is 0 Å². The minimum absolute atomic E-state index is 0.0670. The Morgan fingerprint density at radius 2 is 0.800 bits per heavy atom. The first-order valence-corrected chi connectivity index (χ1v) is 21.9. The molecule has 0 aromatic rings. The van der Waals surface area contributed by atoms with Crippen LogP contribution in [0.25, 0.3) is 0 Å². The Hall–Kier alpha value is -1.62. The smallest absolute Gasteiger partial charge is 0.306 e. The first kappa shape index (κ1) is 48.4. The van der Waals surface area contributed by atoms with Crippen molar-refractivity contribution in [1.29, 1.82) is 0 Å². The number of hydrogen-bond donors (Lipinski definition) is 1. The molecule has 0 saturated carbocycles. The fraction of sp³-hybridized carbons (Fsp3) is 0.867. The Morgan fingerprint density at radius 1 is 0.460 bits per heavy atom. The van der Waals surface area contributed by atoms with E-state index >= 15 is 0 Å². The largest absolute Gasteiger partial charge is 0.462 e. The third-order valence-corrected chi connectivity index (χ3v) is 9.75. The third kappa shape index (κ3) is 39.2. The molecule has 294 valence electrons. The Labute approximate surface area is 311 Å². The van der Waals surface area contributed by atoms with E-state index in [-0.39, 0.29) is 25.2 Å². The topological polar surface area (TPSA) is 72.8 Å². The molecule has 1 unspecified atom stereocenters. The Bertz CT molecular complexity index is 761. The summed E-state index contributed by atoms with van der Waals surface area (Å²) in [4.78, 5) is 24.3. The molecule has 5 heteroatoms. The van der Waals surface area contributed by atoms with Crippen LogP contribution in [-0.2, 0) is 19.1 Å². The van der Waals surface area contributed by atoms with Gasteiger partial charge in [-0.3, -0.25) is 9.59 Å². The van der Waals surface area contributed by atoms with Crippen molar-refractivity contribution in [3.63, 3.8) is 0 Å². The Balaban J connectivity index is 3.49. The minimum Gasteiger partial charge on any atom is -0.462 e. The lowest BCUT2D eigenvalue weighted by molar-refractivity contribution is -0.161. The summed E-state index contributed by atoms with van der Waals surface area (Å²) >= 11 is 0. The molecule has 5 nitrogen and oxygen atoms in total. The highest BCUT2D eigenvalue weighted by Gasteiger charge is 2.16. The van der Waals surface area contributed by atoms with Crippen molar-refractivity contribution >= 4 is 11.9 Å². The highest BCUT2D eigenvalue weighted by atomic mass is 16.6. The number of unbranched alkanes of at least 4 members (excludes halogenated alkanes) is 28. The van der Waals surface area contributed by atoms with Gasteiger partial charge in [-0.05, 0) is 44.9 Å². The summed E-state index contributed by atoms with van der Waals surface area (Å²) in [7, 11) is 0. The molecule has 0 radical (unpaired) electrons. The number of aliphatic hydroxyl groups is 1. The second-order valence-electron chi connectivity index (χ2n) is 14.8. The van der Waals surface area contributed by atoms with Crippen molar-refractivity contribution in [3.05, 3.63) is 24.3 Å². The summed E-state index contributed by atoms with van der Waals surface area (Å²) in [5.74, 6) is -0.596. The van der Waals surface area contributed by atoms with Crippen LogP contribution in [0.5, 0.6) is 0 Å². The summed E-state index contributed by atoms with van der Waals surface area (Å²) in [5.41, 5.74) is 0. The van der Waals surface area contributed by atoms with Crippen molar-refractivity contribution in [1.82, 2.24) is 0 Å². The first-order valence-electron chi connectivity index (χ1n) is 21.9. The minimum atomic E-state index is -0.774. The molecule has 0 aliphatic carbocycles. The molecule has 0 amide bonds. The average Bonchev–Trinajstić information content (AvgIpc) is 3.12. The third-order valence-electron chi connectivity index (χ3n) is 9.75. The Kier molecular flexibility index (Phi) is 40.4. The SMILES string of the molecule is CCCCC/C=C\C/C=C\CCCCCCCC(=O)OC(CO)COC(=O)CCCCCCCCCCCCCCCCCCCCCCC. The lowest BCUT2D eigenvalue weighted by Gasteiger charge is -2.15. The number of esters is 2. The summed E-state index contributed by atoms with van der Waals surface area (Å²) in [5, 5.41) is 9.57. The van der Waals surface area contributed by atoms with Gasteiger partial charge in [0.1, 0.15) is 6.61 Å². The zero-order chi connectivity index (χ0) is 36.4. The van der Waals surface area contributed by atoms with Crippen molar-refractivity contribution in [2.45, 2.75) is 238 Å². The van der Waals surface area contributed by atoms with E-state index in [9.17, 15) is 14.7 Å². The molecule has 0 aromatic carbocycles. The van der Waals surface area contributed by atoms with Gasteiger partial charge in [0.2, 0.25) is 0 Å². The molecular formula is C45H84O5. The maximum Gasteiger partial charge on any atom is 0.306 e. The van der Waals surface area contributed by atoms with Gasteiger partial charge >= 0.3 is 11.9 Å². The molecule has 0 spiro atoms. The van der Waals surface area contributed by atoms with Crippen LogP contribution in [-0.4, -0.2) is 36.4 Å². The molecule has 0 bridgehead atoms. The predicted molar refractivity (Wildman–Crippen MR) is 215 cm³/mol. The van der Waals surface area contributed by atoms with Gasteiger partial charge in [-0.1, -0.05) is 199 Å². The number of carbonyl (C=O) groups excluding carboxylic acids is 2. The zero-order valence-corrected chi connectivity index (χ0v) is 33.4. The van der Waals surface area contributed by atoms with Crippen LogP contribution in [0.2, 0.25) is 0 Å². The van der Waals surface area contributed by atoms with E-state index in [1.807, 2.05) is 0 Å². The van der Waals surface area contributed by atoms with Gasteiger partial charge in [0, 0.05) is 12.8 Å². The molecule has 1 N–H and O–H groups in total. The van der Waals surface area contributed by atoms with E-state index in [0.29, 0.717) is 12.8 Å². The molecule has 0 aliphatic heterocycles. The fourth-order valence-corrected chi connectivity index (χ4v) is 6.41. The molecule has 0 rings (SSSR count). The van der Waals surface area contributed by atoms with Gasteiger partial charge in [-0.2, -0.15) is 0 Å². The summed E-state index contributed by atoms with van der Waals surface area (Å²) in [6.45, 7) is 4.12. The number of carbonyl (C=O) groups is 2. The van der Waals surface area contributed by atoms with Gasteiger partial charge in [0.05, 0.1) is 6.61 Å². The summed E-state index contributed by atoms with van der Waals surface area (Å²) in [6.07, 6.45) is 49.6. The molecule has 50 heavy (non-hydrogen) atoms. The molecule has 0 heterocycles. The van der Waals surface area contributed by atoms with Crippen LogP contribution in [0.3, 0.4) is 0 Å². The van der Waals surface area contributed by atoms with Gasteiger partial charge in [0.25, 0.3) is 0 Å². The van der Waals surface area contributed by atoms with Crippen molar-refractivity contribution in [2.75, 3.05) is 13.2 Å². The Morgan fingerprint density at radius 3 is 1.22 bits per heavy atom. The quantitative estimate of drug-likeness (QED) is 0.0390. The van der Waals surface area contributed by atoms with E-state index < -0.39 is 6.10 Å². The summed E-state index contributed by atoms with van der Waals surface area (Å²) < 4.78 is 10.6. The molecule has 1 atom stereocenters. The lowest BCUT2D eigenvalue weighted by atomic mass is 10.0. The predicted octanol–water partition coefficient (Wildman–Crippen LogP) is 13.8. The number of hydrogen-bond acceptors (Lipinski definition) is 5. The summed E-state index contributed by atoms with van der Waals surface area (Å²) in [6, 6.07) is 0. The van der Waals surface area contributed by atoms with E-state index in [1.54, 1.807) is 0 Å². The lowest BCUT2D eigenvalue weighted by Crippen LogP contribution is -2.28. The molecular weight excluding hydrogens is 620 g/mol. The van der Waals surface area contributed by atoms with Gasteiger partial charge in [-0.25, -0.2) is 0 Å². The first-order chi connectivity index (χ1) is 24.6. The van der Waals surface area contributed by atoms with Crippen molar-refractivity contribution in [2.24, 2.45) is 0 Å². The monoisotopic (exact) mass is 705 g/mol. The van der Waals surface area contributed by atoms with Crippen molar-refractivity contribution < 1.29 is 24.2 Å². The number of rotatable bonds is 40. The van der Waals surface area contributed by atoms with Crippen LogP contribution >= 0.6 is 0 Å². The maximum absolute atomic E-state index is 12.2. The van der Waals surface area contributed by atoms with Gasteiger partial charge < -0.3 is 14.6 Å². The van der Waals surface area contributed by atoms with E-state index in [0.717, 1.165) is 51.4 Å². The number of ether oxygens (including phenoxy) is 2. The van der Waals surface area contributed by atoms with Gasteiger partial charge in [0.15, 0.2) is 6.10 Å². The second-order valence-corrected chi connectivity index (χ2v) is 14.8. The number of aliphatic hydroxyl groups excluding tert-OH is 1. The maximum atomic E-state index is 12.2. The van der Waals surface area contributed by atoms with Crippen molar-refractivity contribution in [3.8, 4) is 0 Å². The second kappa shape index (κ2) is 41.8. The van der Waals surface area contributed by atoms with Crippen LogP contribution in [0.1, 0.15) is 232 Å². The average molecular weight is 705 g/mol. The molecule has 0 aromatic heterocycles. The van der Waals surface area contributed by atoms with Crippen LogP contribution in [0, 0.1) is 0 Å². The number of allylic oxidation sites excluding steroid dienone is 4. The molecule has 0 saturated heterocycles. The zero-order valence-electron chi connectivity index (χ0n) is 33.4. The van der Waals surface area contributed by atoms with E-state index in [4.69, 9.17) is 9.47 Å². The van der Waals surface area contributed by atoms with Gasteiger partial charge in [-0.15, -0.1) is 0 Å². The van der Waals surface area contributed by atoms with Crippen LogP contribution in [0.4, 0.5) is 0 Å². The van der Waals surface area contributed by atoms with Crippen LogP contribution in [0.15, 0.2) is 24.3 Å². The molecule has 0 aliphatic rings. The standard InChI is InChI=1S/C45H84O5/c1-3-5-7-9-11-13-15-17-19-20-21-22-23-24-26-27-29-31-33-35-37-39-44(47)49-42-43(41-46)50-45(48)40-38-36-34-32-30-28-25-18-16-14-12-10-8-6-4-2/h12,14,18,25,43,46H,3-11,13,15-17,19-24,26-42H2,1-2H3/b14-12-,25-18-. The van der Waals surface area contributed by atoms with E-state index in [1.165, 1.54) is 154 Å². The normalized spacial score (nSPS) is 12.3. The highest BCUT2D eigenvalue weighted by molar-refractivity contribution is 5.70. The fourth-order valence-electron chi connectivity index (χ4n) is 6.41. The van der Waals surface area contributed by atoms with E-state index in [2.05, 4.69) is 38.2 Å². The highest BCUT2D eigenvalue weighted by Crippen LogP contribution is 2.16. The molecule has 0 fully saturated rings.